The first kappa shape index (κ1) is 98.3. The Labute approximate surface area is 801 Å². The monoisotopic (exact) mass is 2070 g/mol. The van der Waals surface area contributed by atoms with Crippen molar-refractivity contribution in [1.29, 1.82) is 0 Å². The quantitative estimate of drug-likeness (QED) is 0.0582. The molecular weight excluding hydrogens is 1970 g/mol. The molecule has 0 aliphatic carbocycles. The van der Waals surface area contributed by atoms with E-state index < -0.39 is 31.7 Å². The number of aromatic nitrogens is 3. The third-order valence-electron chi connectivity index (χ3n) is 19.8. The van der Waals surface area contributed by atoms with Gasteiger partial charge in [-0.05, 0) is 204 Å². The van der Waals surface area contributed by atoms with Crippen LogP contribution in [0.25, 0.3) is 22.3 Å². The fourth-order valence-corrected chi connectivity index (χ4v) is 23.4. The zero-order valence-corrected chi connectivity index (χ0v) is 81.7. The van der Waals surface area contributed by atoms with Gasteiger partial charge in [-0.2, -0.15) is 0 Å². The molecule has 126 heavy (non-hydrogen) atoms. The molecule has 0 saturated carbocycles. The number of hydrogen-bond acceptors (Lipinski definition) is 5. The first-order valence-corrected chi connectivity index (χ1v) is 49.0. The Hall–Kier alpha value is -9.90. The topological polar surface area (TPSA) is 57.1 Å². The van der Waals surface area contributed by atoms with Crippen LogP contribution < -0.4 is 69.1 Å². The van der Waals surface area contributed by atoms with Crippen molar-refractivity contribution >= 4 is 175 Å². The Bertz CT molecular complexity index is 5070. The van der Waals surface area contributed by atoms with Gasteiger partial charge in [0.2, 0.25) is 0 Å². The summed E-state index contributed by atoms with van der Waals surface area (Å²) < 4.78 is 15.8. The van der Waals surface area contributed by atoms with Crippen molar-refractivity contribution in [2.24, 2.45) is 0 Å². The van der Waals surface area contributed by atoms with E-state index in [1.54, 1.807) is 24.8 Å². The van der Waals surface area contributed by atoms with E-state index in [1.165, 1.54) is 72.8 Å². The van der Waals surface area contributed by atoms with Crippen LogP contribution in [0.5, 0.6) is 0 Å². The van der Waals surface area contributed by atoms with E-state index in [0.29, 0.717) is 0 Å². The Morgan fingerprint density at radius 1 is 0.246 bits per heavy atom. The van der Waals surface area contributed by atoms with Crippen molar-refractivity contribution < 1.29 is 29.7 Å². The van der Waals surface area contributed by atoms with Gasteiger partial charge in [0.1, 0.15) is 0 Å². The smallest absolute Gasteiger partial charge is 0.399 e. The molecule has 3 aromatic heterocycles. The minimum atomic E-state index is -0.446. The summed E-state index contributed by atoms with van der Waals surface area (Å²) in [7, 11) is -2.15. The molecule has 1 aliphatic rings. The summed E-state index contributed by atoms with van der Waals surface area (Å²) >= 11 is 9.04. The van der Waals surface area contributed by atoms with Gasteiger partial charge in [-0.15, -0.1) is 12.4 Å². The normalized spacial score (nSPS) is 11.7. The van der Waals surface area contributed by atoms with E-state index in [4.69, 9.17) is 9.31 Å². The molecule has 0 radical (unpaired) electrons. The fourth-order valence-electron chi connectivity index (χ4n) is 13.1. The third-order valence-corrected chi connectivity index (χ3v) is 31.6. The molecule has 1 aliphatic heterocycles. The molecule has 15 heteroatoms. The molecule has 0 N–H and O–H groups in total. The SMILES string of the molecule is Brc1ccncc1.Brc1ccncc1-c1ccccc1.CC1(C)OB(c2ccncc2-c2ccccc2)OC1(C)C.Cl.Ic1ccccc1.[Pd].c1ccc(P(c2ccccc2)c2ccccc2)cc1.c1ccc(P(c2ccccc2)c2ccccc2)cc1.c1ccc(P(c2ccccc2)c2ccccc2)cc1.c1ccc(P(c2ccccc2)c2ccccc2)cc1. The van der Waals surface area contributed by atoms with Crippen molar-refractivity contribution in [3.05, 3.63) is 529 Å². The van der Waals surface area contributed by atoms with Crippen LogP contribution in [-0.2, 0) is 29.7 Å². The molecule has 5 nitrogen and oxygen atoms in total. The first-order chi connectivity index (χ1) is 60.9. The molecule has 15 aromatic carbocycles. The van der Waals surface area contributed by atoms with Gasteiger partial charge < -0.3 is 9.31 Å². The predicted octanol–water partition coefficient (Wildman–Crippen LogP) is 24.9. The van der Waals surface area contributed by atoms with Gasteiger partial charge in [0.05, 0.1) is 11.2 Å². The summed E-state index contributed by atoms with van der Waals surface area (Å²) in [6.45, 7) is 8.26. The maximum Gasteiger partial charge on any atom is 0.495 e. The summed E-state index contributed by atoms with van der Waals surface area (Å²) in [6.07, 6.45) is 10.8. The van der Waals surface area contributed by atoms with Gasteiger partial charge in [0.25, 0.3) is 0 Å². The van der Waals surface area contributed by atoms with Crippen molar-refractivity contribution in [2.45, 2.75) is 38.9 Å². The maximum atomic E-state index is 6.16. The Kier molecular flexibility index (Phi) is 41.9. The summed E-state index contributed by atoms with van der Waals surface area (Å²) in [5, 5.41) is 16.8. The van der Waals surface area contributed by atoms with E-state index >= 15 is 0 Å². The summed E-state index contributed by atoms with van der Waals surface area (Å²) in [5.41, 5.74) is 4.83. The van der Waals surface area contributed by atoms with Gasteiger partial charge in [0.15, 0.2) is 0 Å². The maximum absolute atomic E-state index is 6.16. The zero-order valence-electron chi connectivity index (χ0n) is 70.5. The molecule has 1 fully saturated rings. The summed E-state index contributed by atoms with van der Waals surface area (Å²) in [6, 6.07) is 168. The van der Waals surface area contributed by atoms with Crippen molar-refractivity contribution in [2.75, 3.05) is 0 Å². The Balaban J connectivity index is 0.000000153. The van der Waals surface area contributed by atoms with Gasteiger partial charge >= 0.3 is 7.12 Å². The minimum absolute atomic E-state index is 0. The second kappa shape index (κ2) is 53.7. The number of halogens is 4. The molecule has 0 unspecified atom stereocenters. The molecular formula is C111H98BBr2ClIN3O2P4Pd. The van der Waals surface area contributed by atoms with Crippen LogP contribution >= 0.6 is 98.5 Å². The van der Waals surface area contributed by atoms with Crippen molar-refractivity contribution in [3.63, 3.8) is 0 Å². The molecule has 0 amide bonds. The second-order valence-electron chi connectivity index (χ2n) is 29.0. The van der Waals surface area contributed by atoms with Crippen LogP contribution in [0.15, 0.2) is 525 Å². The van der Waals surface area contributed by atoms with E-state index in [9.17, 15) is 0 Å². The molecule has 630 valence electrons. The minimum Gasteiger partial charge on any atom is -0.399 e. The largest absolute Gasteiger partial charge is 0.495 e. The number of benzene rings is 15. The van der Waals surface area contributed by atoms with Gasteiger partial charge in [-0.3, -0.25) is 15.0 Å². The zero-order chi connectivity index (χ0) is 86.1. The molecule has 0 atom stereocenters. The van der Waals surface area contributed by atoms with Gasteiger partial charge in [0, 0.05) is 75.7 Å². The molecule has 4 heterocycles. The van der Waals surface area contributed by atoms with E-state index in [1.807, 2.05) is 91.3 Å². The third kappa shape index (κ3) is 30.4. The predicted molar refractivity (Wildman–Crippen MR) is 562 cm³/mol. The average Bonchev–Trinajstić information content (AvgIpc) is 1.62. The van der Waals surface area contributed by atoms with Gasteiger partial charge in [-0.25, -0.2) is 0 Å². The van der Waals surface area contributed by atoms with E-state index in [2.05, 4.69) is 497 Å². The Morgan fingerprint density at radius 3 is 0.635 bits per heavy atom. The first-order valence-electron chi connectivity index (χ1n) is 40.9. The molecule has 0 bridgehead atoms. The molecule has 0 spiro atoms. The number of pyridine rings is 3. The van der Waals surface area contributed by atoms with Crippen LogP contribution in [0.3, 0.4) is 0 Å². The number of nitrogens with zero attached hydrogens (tertiary/aromatic N) is 3. The van der Waals surface area contributed by atoms with Crippen molar-refractivity contribution in [3.8, 4) is 22.3 Å². The van der Waals surface area contributed by atoms with Crippen molar-refractivity contribution in [1.82, 2.24) is 15.0 Å². The van der Waals surface area contributed by atoms with Crippen LogP contribution in [0.2, 0.25) is 0 Å². The number of rotatable bonds is 15. The molecule has 1 saturated heterocycles. The van der Waals surface area contributed by atoms with Crippen LogP contribution in [0, 0.1) is 3.57 Å². The summed E-state index contributed by atoms with van der Waals surface area (Å²) in [5.74, 6) is 0. The van der Waals surface area contributed by atoms with E-state index in [-0.39, 0.29) is 51.2 Å². The standard InChI is InChI=1S/4C18H15P.C17H20BNO2.C11H8BrN.C6H5I.C5H4BrN.ClH.Pd/c4*1-4-10-16(11-5-1)19(17-12-6-2-7-13-17)18-14-8-3-9-15-18;1-16(2)17(3,4)21-18(20-16)15-10-11-19-12-14(15)13-8-6-5-7-9-13;12-11-6-7-13-8-10(11)9-4-2-1-3-5-9;7-6-4-2-1-3-5-6;6-5-1-3-7-4-2-5;;/h4*1-15H;5-12H,1-4H3;1-8H;1-5H;1-4H;1H;. The van der Waals surface area contributed by atoms with Crippen LogP contribution in [0.1, 0.15) is 27.7 Å². The fraction of sp³-hybridized carbons (Fsp3) is 0.0541. The number of hydrogen-bond donors (Lipinski definition) is 0. The summed E-state index contributed by atoms with van der Waals surface area (Å²) in [4.78, 5) is 12.2. The van der Waals surface area contributed by atoms with Crippen LogP contribution in [-0.4, -0.2) is 33.3 Å². The van der Waals surface area contributed by atoms with Gasteiger partial charge in [-0.1, -0.05) is 475 Å². The average molecular weight is 2070 g/mol. The second-order valence-corrected chi connectivity index (χ2v) is 40.9. The van der Waals surface area contributed by atoms with E-state index in [0.717, 1.165) is 31.1 Å². The van der Waals surface area contributed by atoms with Crippen LogP contribution in [0.4, 0.5) is 0 Å². The Morgan fingerprint density at radius 2 is 0.437 bits per heavy atom. The molecule has 18 aromatic rings. The molecule has 19 rings (SSSR count).